The van der Waals surface area contributed by atoms with Gasteiger partial charge in [-0.05, 0) is 26.0 Å². The lowest BCUT2D eigenvalue weighted by Gasteiger charge is -2.11. The number of anilines is 1. The smallest absolute Gasteiger partial charge is 0.339 e. The number of nitro groups is 1. The van der Waals surface area contributed by atoms with Crippen LogP contribution >= 0.6 is 0 Å². The normalized spacial score (nSPS) is 10.4. The van der Waals surface area contributed by atoms with Gasteiger partial charge in [0, 0.05) is 23.4 Å². The molecule has 0 saturated heterocycles. The fraction of sp³-hybridized carbons (Fsp3) is 0.222. The molecule has 0 atom stereocenters. The molecule has 0 saturated carbocycles. The van der Waals surface area contributed by atoms with Crippen LogP contribution in [0, 0.1) is 10.1 Å². The summed E-state index contributed by atoms with van der Waals surface area (Å²) < 4.78 is 10.8. The Bertz CT molecular complexity index is 824. The Balaban J connectivity index is 2.17. The van der Waals surface area contributed by atoms with Crippen LogP contribution in [0.3, 0.4) is 0 Å². The van der Waals surface area contributed by atoms with E-state index in [9.17, 15) is 14.9 Å². The van der Waals surface area contributed by atoms with Gasteiger partial charge in [-0.25, -0.2) is 10.2 Å². The molecule has 0 heterocycles. The molecule has 142 valence electrons. The molecule has 9 heteroatoms. The average Bonchev–Trinajstić information content (AvgIpc) is 2.64. The predicted molar refractivity (Wildman–Crippen MR) is 102 cm³/mol. The maximum Gasteiger partial charge on any atom is 0.339 e. The number of carbonyl (C=O) groups is 1. The van der Waals surface area contributed by atoms with Crippen LogP contribution in [0.4, 0.5) is 16.2 Å². The Hall–Kier alpha value is -3.62. The van der Waals surface area contributed by atoms with Crippen LogP contribution in [0.1, 0.15) is 19.4 Å². The van der Waals surface area contributed by atoms with Crippen LogP contribution in [-0.4, -0.2) is 30.4 Å². The van der Waals surface area contributed by atoms with Crippen molar-refractivity contribution in [2.75, 3.05) is 18.5 Å². The highest BCUT2D eigenvalue weighted by Crippen LogP contribution is 2.34. The first-order valence-corrected chi connectivity index (χ1v) is 8.28. The lowest BCUT2D eigenvalue weighted by molar-refractivity contribution is -0.385. The first-order chi connectivity index (χ1) is 13.0. The summed E-state index contributed by atoms with van der Waals surface area (Å²) in [6, 6.07) is 11.0. The summed E-state index contributed by atoms with van der Waals surface area (Å²) in [5.41, 5.74) is 3.04. The fourth-order valence-electron chi connectivity index (χ4n) is 2.20. The third kappa shape index (κ3) is 5.70. The monoisotopic (exact) mass is 372 g/mol. The topological polar surface area (TPSA) is 115 Å². The molecule has 9 nitrogen and oxygen atoms in total. The standard InChI is InChI=1S/C18H20N4O5/c1-3-26-16-11-17(27-4-2)15(22(24)25)10-13(16)12-19-21-18(23)20-14-8-6-5-7-9-14/h5-12H,3-4H2,1-2H3,(H2,20,21,23)/b19-12+. The molecule has 0 aromatic heterocycles. The highest BCUT2D eigenvalue weighted by Gasteiger charge is 2.19. The molecule has 0 aliphatic rings. The van der Waals surface area contributed by atoms with Gasteiger partial charge in [0.25, 0.3) is 0 Å². The van der Waals surface area contributed by atoms with Crippen LogP contribution in [-0.2, 0) is 0 Å². The average molecular weight is 372 g/mol. The van der Waals surface area contributed by atoms with Gasteiger partial charge in [-0.1, -0.05) is 18.2 Å². The van der Waals surface area contributed by atoms with Gasteiger partial charge in [-0.2, -0.15) is 5.10 Å². The molecule has 2 amide bonds. The van der Waals surface area contributed by atoms with Gasteiger partial charge in [-0.3, -0.25) is 10.1 Å². The van der Waals surface area contributed by atoms with Crippen LogP contribution < -0.4 is 20.2 Å². The van der Waals surface area contributed by atoms with E-state index in [1.165, 1.54) is 18.3 Å². The lowest BCUT2D eigenvalue weighted by Crippen LogP contribution is -2.24. The number of nitrogens with one attached hydrogen (secondary N) is 2. The second-order valence-electron chi connectivity index (χ2n) is 5.17. The summed E-state index contributed by atoms with van der Waals surface area (Å²) in [6.07, 6.45) is 1.28. The van der Waals surface area contributed by atoms with Gasteiger partial charge in [0.15, 0.2) is 0 Å². The molecule has 2 rings (SSSR count). The van der Waals surface area contributed by atoms with Gasteiger partial charge in [0.05, 0.1) is 24.4 Å². The molecule has 0 aliphatic carbocycles. The van der Waals surface area contributed by atoms with Crippen molar-refractivity contribution >= 4 is 23.6 Å². The van der Waals surface area contributed by atoms with Crippen LogP contribution in [0.5, 0.6) is 11.5 Å². The van der Waals surface area contributed by atoms with Crippen molar-refractivity contribution < 1.29 is 19.2 Å². The molecule has 0 fully saturated rings. The fourth-order valence-corrected chi connectivity index (χ4v) is 2.20. The van der Waals surface area contributed by atoms with E-state index in [-0.39, 0.29) is 18.0 Å². The summed E-state index contributed by atoms with van der Waals surface area (Å²) >= 11 is 0. The van der Waals surface area contributed by atoms with Gasteiger partial charge in [-0.15, -0.1) is 0 Å². The molecule has 2 N–H and O–H groups in total. The molecule has 0 radical (unpaired) electrons. The highest BCUT2D eigenvalue weighted by molar-refractivity contribution is 5.91. The number of ether oxygens (including phenoxy) is 2. The van der Waals surface area contributed by atoms with E-state index in [0.29, 0.717) is 23.6 Å². The van der Waals surface area contributed by atoms with Gasteiger partial charge in [0.1, 0.15) is 5.75 Å². The minimum atomic E-state index is -0.548. The van der Waals surface area contributed by atoms with Gasteiger partial charge < -0.3 is 14.8 Å². The van der Waals surface area contributed by atoms with Crippen LogP contribution in [0.2, 0.25) is 0 Å². The Morgan fingerprint density at radius 2 is 1.81 bits per heavy atom. The summed E-state index contributed by atoms with van der Waals surface area (Å²) in [6.45, 7) is 4.15. The number of hydrogen-bond donors (Lipinski definition) is 2. The first-order valence-electron chi connectivity index (χ1n) is 8.28. The first kappa shape index (κ1) is 19.7. The zero-order chi connectivity index (χ0) is 19.6. The summed E-state index contributed by atoms with van der Waals surface area (Å²) in [7, 11) is 0. The maximum absolute atomic E-state index is 11.8. The Labute approximate surface area is 156 Å². The number of benzene rings is 2. The minimum Gasteiger partial charge on any atom is -0.493 e. The number of rotatable bonds is 8. The number of carbonyl (C=O) groups excluding carboxylic acids is 1. The zero-order valence-corrected chi connectivity index (χ0v) is 15.0. The van der Waals surface area contributed by atoms with Crippen LogP contribution in [0.15, 0.2) is 47.6 Å². The Kier molecular flexibility index (Phi) is 7.12. The van der Waals surface area contributed by atoms with Gasteiger partial charge in [0.2, 0.25) is 5.75 Å². The molecule has 2 aromatic carbocycles. The molecule has 2 aromatic rings. The van der Waals surface area contributed by atoms with E-state index < -0.39 is 11.0 Å². The van der Waals surface area contributed by atoms with Crippen molar-refractivity contribution in [2.24, 2.45) is 5.10 Å². The van der Waals surface area contributed by atoms with E-state index in [2.05, 4.69) is 15.8 Å². The summed E-state index contributed by atoms with van der Waals surface area (Å²) in [4.78, 5) is 22.5. The number of amides is 2. The number of hydrogen-bond acceptors (Lipinski definition) is 6. The number of para-hydroxylation sites is 1. The minimum absolute atomic E-state index is 0.109. The molecule has 0 bridgehead atoms. The molecule has 0 aliphatic heterocycles. The number of urea groups is 1. The van der Waals surface area contributed by atoms with E-state index >= 15 is 0 Å². The summed E-state index contributed by atoms with van der Waals surface area (Å²) in [5, 5.41) is 17.7. The van der Waals surface area contributed by atoms with E-state index in [1.54, 1.807) is 38.1 Å². The van der Waals surface area contributed by atoms with Gasteiger partial charge >= 0.3 is 11.7 Å². The number of nitro benzene ring substituents is 1. The van der Waals surface area contributed by atoms with Crippen molar-refractivity contribution in [1.29, 1.82) is 0 Å². The van der Waals surface area contributed by atoms with Crippen molar-refractivity contribution in [2.45, 2.75) is 13.8 Å². The lowest BCUT2D eigenvalue weighted by atomic mass is 10.1. The molecular weight excluding hydrogens is 352 g/mol. The molecular formula is C18H20N4O5. The van der Waals surface area contributed by atoms with E-state index in [1.807, 2.05) is 6.07 Å². The SMILES string of the molecule is CCOc1cc(OCC)c([N+](=O)[O-])cc1/C=N/NC(=O)Nc1ccccc1. The highest BCUT2D eigenvalue weighted by atomic mass is 16.6. The second-order valence-corrected chi connectivity index (χ2v) is 5.17. The third-order valence-corrected chi connectivity index (χ3v) is 3.29. The van der Waals surface area contributed by atoms with E-state index in [4.69, 9.17) is 9.47 Å². The number of nitrogens with zero attached hydrogens (tertiary/aromatic N) is 2. The van der Waals surface area contributed by atoms with Crippen molar-refractivity contribution in [3.8, 4) is 11.5 Å². The third-order valence-electron chi connectivity index (χ3n) is 3.29. The zero-order valence-electron chi connectivity index (χ0n) is 15.0. The van der Waals surface area contributed by atoms with Crippen molar-refractivity contribution in [3.63, 3.8) is 0 Å². The molecule has 0 unspecified atom stereocenters. The number of hydrazone groups is 1. The quantitative estimate of drug-likeness (QED) is 0.418. The Morgan fingerprint density at radius 3 is 2.44 bits per heavy atom. The summed E-state index contributed by atoms with van der Waals surface area (Å²) in [5.74, 6) is 0.471. The molecule has 27 heavy (non-hydrogen) atoms. The largest absolute Gasteiger partial charge is 0.493 e. The maximum atomic E-state index is 11.8. The van der Waals surface area contributed by atoms with Crippen LogP contribution in [0.25, 0.3) is 0 Å². The Morgan fingerprint density at radius 1 is 1.15 bits per heavy atom. The van der Waals surface area contributed by atoms with Crippen molar-refractivity contribution in [1.82, 2.24) is 5.43 Å². The van der Waals surface area contributed by atoms with E-state index in [0.717, 1.165) is 0 Å². The van der Waals surface area contributed by atoms with Crippen molar-refractivity contribution in [3.05, 3.63) is 58.1 Å². The predicted octanol–water partition coefficient (Wildman–Crippen LogP) is 3.55. The molecule has 0 spiro atoms. The second kappa shape index (κ2) is 9.76.